The third kappa shape index (κ3) is 2.09. The Morgan fingerprint density at radius 2 is 1.87 bits per heavy atom. The lowest BCUT2D eigenvalue weighted by Gasteiger charge is -2.31. The Labute approximate surface area is 135 Å². The van der Waals surface area contributed by atoms with Crippen molar-refractivity contribution in [2.24, 2.45) is 0 Å². The van der Waals surface area contributed by atoms with Gasteiger partial charge in [0.05, 0.1) is 5.69 Å². The lowest BCUT2D eigenvalue weighted by atomic mass is 10.0. The number of hydrogen-bond donors (Lipinski definition) is 0. The molecule has 1 aliphatic carbocycles. The molecule has 0 N–H and O–H groups in total. The topological polar surface area (TPSA) is 41.9 Å². The molecule has 0 spiro atoms. The Morgan fingerprint density at radius 3 is 2.74 bits per heavy atom. The van der Waals surface area contributed by atoms with E-state index in [1.807, 2.05) is 12.4 Å². The molecule has 2 aromatic heterocycles. The molecule has 0 unspecified atom stereocenters. The molecule has 2 aliphatic rings. The standard InChI is InChI=1S/C19H18N4/c1-3-16-17(4-1)21-19(23-9-2-10-23)22-18(16)14-5-6-15-12-20-8-7-13(15)11-14/h5-8,11-12H,1-4,9-10H2. The number of nitrogens with zero attached hydrogens (tertiary/aromatic N) is 4. The van der Waals surface area contributed by atoms with Crippen LogP contribution >= 0.6 is 0 Å². The van der Waals surface area contributed by atoms with Gasteiger partial charge in [-0.15, -0.1) is 0 Å². The van der Waals surface area contributed by atoms with Crippen molar-refractivity contribution < 1.29 is 0 Å². The summed E-state index contributed by atoms with van der Waals surface area (Å²) in [6.45, 7) is 2.17. The van der Waals surface area contributed by atoms with E-state index in [4.69, 9.17) is 9.97 Å². The van der Waals surface area contributed by atoms with Crippen LogP contribution in [-0.4, -0.2) is 28.0 Å². The minimum Gasteiger partial charge on any atom is -0.341 e. The van der Waals surface area contributed by atoms with Crippen molar-refractivity contribution in [2.75, 3.05) is 18.0 Å². The van der Waals surface area contributed by atoms with Crippen LogP contribution in [0.15, 0.2) is 36.7 Å². The van der Waals surface area contributed by atoms with Gasteiger partial charge in [-0.2, -0.15) is 0 Å². The molecule has 3 aromatic rings. The summed E-state index contributed by atoms with van der Waals surface area (Å²) in [6, 6.07) is 8.61. The molecule has 1 aliphatic heterocycles. The van der Waals surface area contributed by atoms with Gasteiger partial charge < -0.3 is 4.90 Å². The molecule has 1 saturated heterocycles. The van der Waals surface area contributed by atoms with E-state index in [-0.39, 0.29) is 0 Å². The van der Waals surface area contributed by atoms with E-state index in [2.05, 4.69) is 34.1 Å². The van der Waals surface area contributed by atoms with Crippen molar-refractivity contribution in [2.45, 2.75) is 25.7 Å². The molecule has 0 radical (unpaired) electrons. The van der Waals surface area contributed by atoms with Gasteiger partial charge in [-0.05, 0) is 43.2 Å². The molecule has 3 heterocycles. The summed E-state index contributed by atoms with van der Waals surface area (Å²) in [4.78, 5) is 16.3. The second-order valence-corrected chi connectivity index (χ2v) is 6.43. The molecule has 4 heteroatoms. The van der Waals surface area contributed by atoms with Gasteiger partial charge in [0, 0.05) is 47.7 Å². The summed E-state index contributed by atoms with van der Waals surface area (Å²) >= 11 is 0. The number of aryl methyl sites for hydroxylation is 1. The van der Waals surface area contributed by atoms with Gasteiger partial charge in [0.15, 0.2) is 0 Å². The summed E-state index contributed by atoms with van der Waals surface area (Å²) in [6.07, 6.45) is 8.39. The SMILES string of the molecule is c1cc2cc(-c3nc(N4CCC4)nc4c3CCC4)ccc2cn1. The lowest BCUT2D eigenvalue weighted by molar-refractivity contribution is 0.599. The van der Waals surface area contributed by atoms with Gasteiger partial charge >= 0.3 is 0 Å². The van der Waals surface area contributed by atoms with Crippen molar-refractivity contribution in [1.82, 2.24) is 15.0 Å². The normalized spacial score (nSPS) is 16.4. The highest BCUT2D eigenvalue weighted by Crippen LogP contribution is 2.33. The van der Waals surface area contributed by atoms with Crippen molar-refractivity contribution >= 4 is 16.7 Å². The average molecular weight is 302 g/mol. The third-order valence-corrected chi connectivity index (χ3v) is 4.97. The molecule has 0 saturated carbocycles. The Balaban J connectivity index is 1.69. The van der Waals surface area contributed by atoms with E-state index in [9.17, 15) is 0 Å². The summed E-state index contributed by atoms with van der Waals surface area (Å²) in [5.41, 5.74) is 4.94. The smallest absolute Gasteiger partial charge is 0.226 e. The molecule has 114 valence electrons. The molecular weight excluding hydrogens is 284 g/mol. The van der Waals surface area contributed by atoms with Gasteiger partial charge in [0.1, 0.15) is 0 Å². The summed E-state index contributed by atoms with van der Waals surface area (Å²) < 4.78 is 0. The van der Waals surface area contributed by atoms with Crippen LogP contribution in [0.1, 0.15) is 24.1 Å². The summed E-state index contributed by atoms with van der Waals surface area (Å²) in [7, 11) is 0. The number of pyridine rings is 1. The van der Waals surface area contributed by atoms with Crippen molar-refractivity contribution in [3.8, 4) is 11.3 Å². The zero-order chi connectivity index (χ0) is 15.2. The van der Waals surface area contributed by atoms with Crippen LogP contribution in [0.4, 0.5) is 5.95 Å². The molecule has 5 rings (SSSR count). The highest BCUT2D eigenvalue weighted by atomic mass is 15.3. The number of benzene rings is 1. The molecule has 0 amide bonds. The first-order valence-corrected chi connectivity index (χ1v) is 8.37. The Kier molecular flexibility index (Phi) is 2.83. The second kappa shape index (κ2) is 5.01. The lowest BCUT2D eigenvalue weighted by Crippen LogP contribution is -2.38. The highest BCUT2D eigenvalue weighted by molar-refractivity contribution is 5.86. The largest absolute Gasteiger partial charge is 0.341 e. The molecular formula is C19H18N4. The van der Waals surface area contributed by atoms with Crippen LogP contribution in [0.2, 0.25) is 0 Å². The fourth-order valence-corrected chi connectivity index (χ4v) is 3.55. The van der Waals surface area contributed by atoms with E-state index >= 15 is 0 Å². The zero-order valence-corrected chi connectivity index (χ0v) is 13.0. The molecule has 0 atom stereocenters. The Morgan fingerprint density at radius 1 is 0.913 bits per heavy atom. The first-order chi connectivity index (χ1) is 11.4. The predicted octanol–water partition coefficient (Wildman–Crippen LogP) is 3.39. The molecule has 0 bridgehead atoms. The van der Waals surface area contributed by atoms with Gasteiger partial charge in [-0.3, -0.25) is 4.98 Å². The Bertz CT molecular complexity index is 899. The minimum absolute atomic E-state index is 0.918. The Hall–Kier alpha value is -2.49. The third-order valence-electron chi connectivity index (χ3n) is 4.97. The second-order valence-electron chi connectivity index (χ2n) is 6.43. The van der Waals surface area contributed by atoms with Crippen LogP contribution in [0.25, 0.3) is 22.0 Å². The summed E-state index contributed by atoms with van der Waals surface area (Å²) in [5, 5.41) is 2.39. The minimum atomic E-state index is 0.918. The van der Waals surface area contributed by atoms with Crippen LogP contribution in [0.3, 0.4) is 0 Å². The number of rotatable bonds is 2. The quantitative estimate of drug-likeness (QED) is 0.727. The molecule has 1 fully saturated rings. The highest BCUT2D eigenvalue weighted by Gasteiger charge is 2.24. The number of fused-ring (bicyclic) bond motifs is 2. The van der Waals surface area contributed by atoms with Gasteiger partial charge in [0.2, 0.25) is 5.95 Å². The average Bonchev–Trinajstić information content (AvgIpc) is 3.00. The van der Waals surface area contributed by atoms with E-state index in [0.717, 1.165) is 37.6 Å². The van der Waals surface area contributed by atoms with Crippen LogP contribution in [0, 0.1) is 0 Å². The van der Waals surface area contributed by atoms with E-state index in [1.165, 1.54) is 40.4 Å². The number of aromatic nitrogens is 3. The van der Waals surface area contributed by atoms with Gasteiger partial charge in [-0.25, -0.2) is 9.97 Å². The van der Waals surface area contributed by atoms with Gasteiger partial charge in [-0.1, -0.05) is 12.1 Å². The maximum Gasteiger partial charge on any atom is 0.226 e. The maximum absolute atomic E-state index is 4.94. The van der Waals surface area contributed by atoms with Crippen LogP contribution < -0.4 is 4.90 Å². The fraction of sp³-hybridized carbons (Fsp3) is 0.316. The zero-order valence-electron chi connectivity index (χ0n) is 13.0. The number of hydrogen-bond acceptors (Lipinski definition) is 4. The number of anilines is 1. The van der Waals surface area contributed by atoms with Crippen molar-refractivity contribution in [3.05, 3.63) is 47.9 Å². The molecule has 23 heavy (non-hydrogen) atoms. The summed E-state index contributed by atoms with van der Waals surface area (Å²) in [5.74, 6) is 0.918. The van der Waals surface area contributed by atoms with Crippen molar-refractivity contribution in [1.29, 1.82) is 0 Å². The molecule has 1 aromatic carbocycles. The van der Waals surface area contributed by atoms with Crippen LogP contribution in [0.5, 0.6) is 0 Å². The molecule has 4 nitrogen and oxygen atoms in total. The fourth-order valence-electron chi connectivity index (χ4n) is 3.55. The first-order valence-electron chi connectivity index (χ1n) is 8.37. The van der Waals surface area contributed by atoms with E-state index in [0.29, 0.717) is 0 Å². The monoisotopic (exact) mass is 302 g/mol. The van der Waals surface area contributed by atoms with Gasteiger partial charge in [0.25, 0.3) is 0 Å². The van der Waals surface area contributed by atoms with E-state index < -0.39 is 0 Å². The van der Waals surface area contributed by atoms with Crippen molar-refractivity contribution in [3.63, 3.8) is 0 Å². The van der Waals surface area contributed by atoms with E-state index in [1.54, 1.807) is 0 Å². The van der Waals surface area contributed by atoms with Crippen LogP contribution in [-0.2, 0) is 12.8 Å². The first kappa shape index (κ1) is 13.0. The predicted molar refractivity (Wildman–Crippen MR) is 91.6 cm³/mol. The maximum atomic E-state index is 4.94.